The average molecular weight is 337 g/mol. The first-order valence-electron chi connectivity index (χ1n) is 8.07. The van der Waals surface area contributed by atoms with E-state index in [2.05, 4.69) is 4.98 Å². The number of carboxylic acid groups (broad SMARTS) is 1. The summed E-state index contributed by atoms with van der Waals surface area (Å²) in [5.74, 6) is -1.06. The number of nitrogens with zero attached hydrogens (tertiary/aromatic N) is 2. The van der Waals surface area contributed by atoms with Crippen LogP contribution in [-0.2, 0) is 16.1 Å². The first kappa shape index (κ1) is 19.9. The van der Waals surface area contributed by atoms with Crippen molar-refractivity contribution >= 4 is 12.1 Å². The van der Waals surface area contributed by atoms with Gasteiger partial charge in [-0.1, -0.05) is 6.07 Å². The second kappa shape index (κ2) is 9.22. The molecule has 0 unspecified atom stereocenters. The lowest BCUT2D eigenvalue weighted by Crippen LogP contribution is -2.47. The largest absolute Gasteiger partial charge is 0.480 e. The molecule has 0 aliphatic carbocycles. The molecule has 0 radical (unpaired) electrons. The van der Waals surface area contributed by atoms with Crippen molar-refractivity contribution in [2.24, 2.45) is 5.73 Å². The van der Waals surface area contributed by atoms with Gasteiger partial charge in [0.25, 0.3) is 0 Å². The van der Waals surface area contributed by atoms with Gasteiger partial charge in [0.1, 0.15) is 11.6 Å². The number of carbonyl (C=O) groups is 2. The number of hydrogen-bond donors (Lipinski definition) is 2. The number of pyridine rings is 1. The minimum absolute atomic E-state index is 0.0787. The Morgan fingerprint density at radius 3 is 2.54 bits per heavy atom. The third-order valence-electron chi connectivity index (χ3n) is 3.28. The van der Waals surface area contributed by atoms with Crippen LogP contribution in [0.3, 0.4) is 0 Å². The number of ether oxygens (including phenoxy) is 1. The Balaban J connectivity index is 2.99. The average Bonchev–Trinajstić information content (AvgIpc) is 2.49. The van der Waals surface area contributed by atoms with Crippen molar-refractivity contribution in [3.63, 3.8) is 0 Å². The molecule has 7 nitrogen and oxygen atoms in total. The van der Waals surface area contributed by atoms with Gasteiger partial charge in [0.05, 0.1) is 12.2 Å². The van der Waals surface area contributed by atoms with Crippen LogP contribution in [0.5, 0.6) is 0 Å². The van der Waals surface area contributed by atoms with Gasteiger partial charge < -0.3 is 15.6 Å². The van der Waals surface area contributed by atoms with E-state index >= 15 is 0 Å². The van der Waals surface area contributed by atoms with Crippen LogP contribution in [0.15, 0.2) is 24.4 Å². The summed E-state index contributed by atoms with van der Waals surface area (Å²) < 4.78 is 5.38. The van der Waals surface area contributed by atoms with Crippen molar-refractivity contribution in [3.05, 3.63) is 30.1 Å². The zero-order chi connectivity index (χ0) is 18.2. The molecule has 1 aromatic rings. The monoisotopic (exact) mass is 337 g/mol. The van der Waals surface area contributed by atoms with E-state index in [0.29, 0.717) is 31.5 Å². The van der Waals surface area contributed by atoms with Gasteiger partial charge in [-0.05, 0) is 58.7 Å². The molecular weight excluding hydrogens is 310 g/mol. The van der Waals surface area contributed by atoms with E-state index in [-0.39, 0.29) is 6.54 Å². The van der Waals surface area contributed by atoms with Gasteiger partial charge in [-0.15, -0.1) is 0 Å². The molecule has 0 spiro atoms. The molecule has 134 valence electrons. The van der Waals surface area contributed by atoms with E-state index in [4.69, 9.17) is 10.5 Å². The standard InChI is InChI=1S/C17H27N3O4/c1-17(2,3)24-16(23)20(12-13-8-5-7-11-19-13)14(15(21)22)9-4-6-10-18/h5,7-8,11,14H,4,6,9-10,12,18H2,1-3H3,(H,21,22)/t14-/m0/s1. The minimum Gasteiger partial charge on any atom is -0.480 e. The molecule has 1 amide bonds. The zero-order valence-electron chi connectivity index (χ0n) is 14.6. The third kappa shape index (κ3) is 6.95. The molecule has 1 atom stereocenters. The fourth-order valence-corrected chi connectivity index (χ4v) is 2.18. The molecule has 0 fully saturated rings. The highest BCUT2D eigenvalue weighted by Gasteiger charge is 2.32. The second-order valence-electron chi connectivity index (χ2n) is 6.57. The van der Waals surface area contributed by atoms with E-state index in [1.807, 2.05) is 0 Å². The normalized spacial score (nSPS) is 12.5. The molecule has 0 aromatic carbocycles. The summed E-state index contributed by atoms with van der Waals surface area (Å²) in [5.41, 5.74) is 5.37. The van der Waals surface area contributed by atoms with Crippen LogP contribution in [0.2, 0.25) is 0 Å². The third-order valence-corrected chi connectivity index (χ3v) is 3.28. The maximum atomic E-state index is 12.5. The fourth-order valence-electron chi connectivity index (χ4n) is 2.18. The van der Waals surface area contributed by atoms with Crippen molar-refractivity contribution in [2.75, 3.05) is 6.54 Å². The molecule has 0 aliphatic heterocycles. The number of carboxylic acids is 1. The number of aliphatic carboxylic acids is 1. The highest BCUT2D eigenvalue weighted by molar-refractivity contribution is 5.80. The van der Waals surface area contributed by atoms with E-state index in [1.165, 1.54) is 4.90 Å². The number of carbonyl (C=O) groups excluding carboxylic acids is 1. The van der Waals surface area contributed by atoms with Crippen LogP contribution in [-0.4, -0.2) is 45.2 Å². The topological polar surface area (TPSA) is 106 Å². The van der Waals surface area contributed by atoms with Crippen LogP contribution in [0.4, 0.5) is 4.79 Å². The van der Waals surface area contributed by atoms with Gasteiger partial charge in [0.15, 0.2) is 0 Å². The van der Waals surface area contributed by atoms with Gasteiger partial charge in [0.2, 0.25) is 0 Å². The number of amides is 1. The van der Waals surface area contributed by atoms with Gasteiger partial charge >= 0.3 is 12.1 Å². The van der Waals surface area contributed by atoms with Crippen molar-refractivity contribution in [1.29, 1.82) is 0 Å². The Labute approximate surface area is 142 Å². The molecule has 0 aliphatic rings. The summed E-state index contributed by atoms with van der Waals surface area (Å²) in [4.78, 5) is 29.6. The van der Waals surface area contributed by atoms with Crippen LogP contribution in [0, 0.1) is 0 Å². The predicted molar refractivity (Wildman–Crippen MR) is 90.3 cm³/mol. The lowest BCUT2D eigenvalue weighted by molar-refractivity contribution is -0.143. The van der Waals surface area contributed by atoms with Crippen molar-refractivity contribution < 1.29 is 19.4 Å². The zero-order valence-corrected chi connectivity index (χ0v) is 14.6. The predicted octanol–water partition coefficient (Wildman–Crippen LogP) is 2.40. The van der Waals surface area contributed by atoms with Gasteiger partial charge in [-0.25, -0.2) is 9.59 Å². The number of rotatable bonds is 8. The van der Waals surface area contributed by atoms with Crippen LogP contribution < -0.4 is 5.73 Å². The number of unbranched alkanes of at least 4 members (excludes halogenated alkanes) is 1. The van der Waals surface area contributed by atoms with Crippen LogP contribution in [0.25, 0.3) is 0 Å². The van der Waals surface area contributed by atoms with Crippen LogP contribution >= 0.6 is 0 Å². The van der Waals surface area contributed by atoms with Crippen molar-refractivity contribution in [1.82, 2.24) is 9.88 Å². The molecular formula is C17H27N3O4. The Morgan fingerprint density at radius 2 is 2.04 bits per heavy atom. The van der Waals surface area contributed by atoms with E-state index in [1.54, 1.807) is 45.2 Å². The lowest BCUT2D eigenvalue weighted by Gasteiger charge is -2.31. The summed E-state index contributed by atoms with van der Waals surface area (Å²) in [6.07, 6.45) is 2.59. The smallest absolute Gasteiger partial charge is 0.411 e. The quantitative estimate of drug-likeness (QED) is 0.706. The number of hydrogen-bond acceptors (Lipinski definition) is 5. The molecule has 3 N–H and O–H groups in total. The van der Waals surface area contributed by atoms with Gasteiger partial charge in [0, 0.05) is 6.20 Å². The fraction of sp³-hybridized carbons (Fsp3) is 0.588. The summed E-state index contributed by atoms with van der Waals surface area (Å²) in [7, 11) is 0. The van der Waals surface area contributed by atoms with Gasteiger partial charge in [-0.2, -0.15) is 0 Å². The maximum absolute atomic E-state index is 12.5. The molecule has 1 rings (SSSR count). The van der Waals surface area contributed by atoms with E-state index < -0.39 is 23.7 Å². The summed E-state index contributed by atoms with van der Waals surface area (Å²) in [6.45, 7) is 5.80. The Kier molecular flexibility index (Phi) is 7.64. The summed E-state index contributed by atoms with van der Waals surface area (Å²) >= 11 is 0. The van der Waals surface area contributed by atoms with E-state index in [0.717, 1.165) is 0 Å². The molecule has 24 heavy (non-hydrogen) atoms. The molecule has 1 aromatic heterocycles. The summed E-state index contributed by atoms with van der Waals surface area (Å²) in [5, 5.41) is 9.57. The molecule has 0 bridgehead atoms. The van der Waals surface area contributed by atoms with E-state index in [9.17, 15) is 14.7 Å². The molecule has 0 saturated heterocycles. The minimum atomic E-state index is -1.06. The van der Waals surface area contributed by atoms with Crippen molar-refractivity contribution in [2.45, 2.75) is 58.2 Å². The first-order valence-corrected chi connectivity index (χ1v) is 8.07. The van der Waals surface area contributed by atoms with Gasteiger partial charge in [-0.3, -0.25) is 9.88 Å². The number of aromatic nitrogens is 1. The Bertz CT molecular complexity index is 528. The Hall–Kier alpha value is -2.15. The molecule has 7 heteroatoms. The lowest BCUT2D eigenvalue weighted by atomic mass is 10.1. The number of nitrogens with two attached hydrogens (primary N) is 1. The Morgan fingerprint density at radius 1 is 1.33 bits per heavy atom. The summed E-state index contributed by atoms with van der Waals surface area (Å²) in [6, 6.07) is 4.32. The van der Waals surface area contributed by atoms with Crippen molar-refractivity contribution in [3.8, 4) is 0 Å². The molecule has 0 saturated carbocycles. The SMILES string of the molecule is CC(C)(C)OC(=O)N(Cc1ccccn1)[C@@H](CCCCN)C(=O)O. The highest BCUT2D eigenvalue weighted by Crippen LogP contribution is 2.18. The maximum Gasteiger partial charge on any atom is 0.411 e. The first-order chi connectivity index (χ1) is 11.2. The second-order valence-corrected chi connectivity index (χ2v) is 6.57. The molecule has 1 heterocycles. The highest BCUT2D eigenvalue weighted by atomic mass is 16.6. The van der Waals surface area contributed by atoms with Crippen LogP contribution in [0.1, 0.15) is 45.7 Å².